The minimum Gasteiger partial charge on any atom is -0.376 e. The van der Waals surface area contributed by atoms with Gasteiger partial charge in [-0.05, 0) is 5.23 Å². The molecular weight excluding hydrogens is 98.0 g/mol. The minimum absolute atomic E-state index is 0.257. The largest absolute Gasteiger partial charge is 0.376 e. The van der Waals surface area contributed by atoms with E-state index in [0.717, 1.165) is 5.23 Å². The summed E-state index contributed by atoms with van der Waals surface area (Å²) in [5, 5.41) is 9.13. The topological polar surface area (TPSA) is 41.9 Å². The van der Waals surface area contributed by atoms with E-state index in [-0.39, 0.29) is 6.73 Å². The summed E-state index contributed by atoms with van der Waals surface area (Å²) >= 11 is 0. The van der Waals surface area contributed by atoms with Crippen molar-refractivity contribution < 1.29 is 14.8 Å². The normalized spacial score (nSPS) is 10.3. The second kappa shape index (κ2) is 4.01. The fourth-order valence-corrected chi connectivity index (χ4v) is 0.190. The zero-order valence-electron chi connectivity index (χ0n) is 4.42. The molecule has 44 valence electrons. The number of aliphatic hydroxyl groups is 1. The molecule has 0 saturated carbocycles. The summed E-state index contributed by atoms with van der Waals surface area (Å²) in [7, 11) is 2.80. The van der Waals surface area contributed by atoms with Crippen molar-refractivity contribution in [2.24, 2.45) is 0 Å². The molecule has 0 radical (unpaired) electrons. The highest BCUT2D eigenvalue weighted by molar-refractivity contribution is 3.96. The van der Waals surface area contributed by atoms with E-state index in [9.17, 15) is 0 Å². The summed E-state index contributed by atoms with van der Waals surface area (Å²) in [4.78, 5) is 8.82. The highest BCUT2D eigenvalue weighted by atomic mass is 16.9. The zero-order valence-corrected chi connectivity index (χ0v) is 4.42. The summed E-state index contributed by atoms with van der Waals surface area (Å²) in [6.07, 6.45) is 0. The molecule has 0 rings (SSSR count). The third-order valence-electron chi connectivity index (χ3n) is 0.523. The Morgan fingerprint density at radius 2 is 1.86 bits per heavy atom. The van der Waals surface area contributed by atoms with E-state index >= 15 is 0 Å². The van der Waals surface area contributed by atoms with Gasteiger partial charge in [-0.25, -0.2) is 0 Å². The Kier molecular flexibility index (Phi) is 3.92. The molecule has 0 amide bonds. The van der Waals surface area contributed by atoms with Crippen LogP contribution in [-0.2, 0) is 9.68 Å². The van der Waals surface area contributed by atoms with Gasteiger partial charge in [0.15, 0.2) is 0 Å². The Morgan fingerprint density at radius 3 is 1.86 bits per heavy atom. The van der Waals surface area contributed by atoms with E-state index < -0.39 is 0 Å². The Balaban J connectivity index is 2.99. The maximum Gasteiger partial charge on any atom is 0.146 e. The molecule has 4 heteroatoms. The summed E-state index contributed by atoms with van der Waals surface area (Å²) in [5.41, 5.74) is 0. The van der Waals surface area contributed by atoms with Gasteiger partial charge in [-0.2, -0.15) is 0 Å². The highest BCUT2D eigenvalue weighted by Crippen LogP contribution is 1.80. The second-order valence-corrected chi connectivity index (χ2v) is 0.839. The Labute approximate surface area is 42.2 Å². The summed E-state index contributed by atoms with van der Waals surface area (Å²) < 4.78 is 0. The molecule has 0 spiro atoms. The van der Waals surface area contributed by atoms with Crippen molar-refractivity contribution in [2.45, 2.75) is 0 Å². The molecule has 0 atom stereocenters. The smallest absolute Gasteiger partial charge is 0.146 e. The summed E-state index contributed by atoms with van der Waals surface area (Å²) in [6.45, 7) is -0.257. The van der Waals surface area contributed by atoms with Crippen LogP contribution in [0, 0.1) is 0 Å². The van der Waals surface area contributed by atoms with E-state index in [2.05, 4.69) is 9.68 Å². The van der Waals surface area contributed by atoms with E-state index in [1.807, 2.05) is 0 Å². The molecule has 0 aromatic carbocycles. The Hall–Kier alpha value is -0.160. The SMILES string of the molecule is CON(CO)OC. The van der Waals surface area contributed by atoms with Crippen molar-refractivity contribution in [3.63, 3.8) is 0 Å². The van der Waals surface area contributed by atoms with Gasteiger partial charge in [0.05, 0.1) is 14.2 Å². The number of hydrogen-bond acceptors (Lipinski definition) is 4. The van der Waals surface area contributed by atoms with Gasteiger partial charge in [0, 0.05) is 0 Å². The molecular formula is C3H9NO3. The van der Waals surface area contributed by atoms with Gasteiger partial charge in [0.25, 0.3) is 0 Å². The lowest BCUT2D eigenvalue weighted by atomic mass is 11.3. The fourth-order valence-electron chi connectivity index (χ4n) is 0.190. The maximum atomic E-state index is 8.20. The van der Waals surface area contributed by atoms with Crippen LogP contribution in [0.3, 0.4) is 0 Å². The molecule has 0 aromatic rings. The Bertz CT molecular complexity index is 31.7. The van der Waals surface area contributed by atoms with Crippen LogP contribution in [0.1, 0.15) is 0 Å². The van der Waals surface area contributed by atoms with Gasteiger partial charge in [-0.1, -0.05) is 0 Å². The molecule has 0 unspecified atom stereocenters. The van der Waals surface area contributed by atoms with E-state index in [1.165, 1.54) is 14.2 Å². The summed E-state index contributed by atoms with van der Waals surface area (Å²) in [6, 6.07) is 0. The molecule has 0 fully saturated rings. The number of nitrogens with zero attached hydrogens (tertiary/aromatic N) is 1. The van der Waals surface area contributed by atoms with Gasteiger partial charge in [0.1, 0.15) is 6.73 Å². The van der Waals surface area contributed by atoms with Crippen LogP contribution in [0.4, 0.5) is 0 Å². The zero-order chi connectivity index (χ0) is 5.70. The summed E-state index contributed by atoms with van der Waals surface area (Å²) in [5.74, 6) is 0. The molecule has 0 heterocycles. The number of hydrogen-bond donors (Lipinski definition) is 1. The first-order chi connectivity index (χ1) is 3.35. The van der Waals surface area contributed by atoms with Crippen LogP contribution in [0.15, 0.2) is 0 Å². The average Bonchev–Trinajstić information content (AvgIpc) is 1.72. The van der Waals surface area contributed by atoms with Gasteiger partial charge in [0.2, 0.25) is 0 Å². The molecule has 7 heavy (non-hydrogen) atoms. The quantitative estimate of drug-likeness (QED) is 0.385. The van der Waals surface area contributed by atoms with Crippen molar-refractivity contribution in [1.29, 1.82) is 0 Å². The van der Waals surface area contributed by atoms with Gasteiger partial charge < -0.3 is 5.11 Å². The molecule has 0 aliphatic heterocycles. The van der Waals surface area contributed by atoms with E-state index in [1.54, 1.807) is 0 Å². The van der Waals surface area contributed by atoms with Gasteiger partial charge in [-0.3, -0.25) is 9.68 Å². The lowest BCUT2D eigenvalue weighted by molar-refractivity contribution is -0.366. The van der Waals surface area contributed by atoms with E-state index in [4.69, 9.17) is 5.11 Å². The van der Waals surface area contributed by atoms with Crippen LogP contribution in [0.5, 0.6) is 0 Å². The molecule has 1 N–H and O–H groups in total. The van der Waals surface area contributed by atoms with Crippen molar-refractivity contribution in [1.82, 2.24) is 5.23 Å². The van der Waals surface area contributed by atoms with Gasteiger partial charge in [-0.15, -0.1) is 0 Å². The third kappa shape index (κ3) is 2.52. The van der Waals surface area contributed by atoms with Crippen molar-refractivity contribution in [2.75, 3.05) is 21.0 Å². The first-order valence-corrected chi connectivity index (χ1v) is 1.81. The molecule has 0 aliphatic rings. The molecule has 0 aromatic heterocycles. The van der Waals surface area contributed by atoms with Gasteiger partial charge >= 0.3 is 0 Å². The minimum atomic E-state index is -0.257. The van der Waals surface area contributed by atoms with Crippen LogP contribution >= 0.6 is 0 Å². The Morgan fingerprint density at radius 1 is 1.43 bits per heavy atom. The van der Waals surface area contributed by atoms with Crippen LogP contribution in [0.2, 0.25) is 0 Å². The molecule has 0 bridgehead atoms. The monoisotopic (exact) mass is 107 g/mol. The fraction of sp³-hybridized carbons (Fsp3) is 1.00. The predicted molar refractivity (Wildman–Crippen MR) is 22.9 cm³/mol. The molecule has 0 saturated heterocycles. The highest BCUT2D eigenvalue weighted by Gasteiger charge is 1.92. The van der Waals surface area contributed by atoms with Crippen LogP contribution < -0.4 is 0 Å². The maximum absolute atomic E-state index is 8.20. The van der Waals surface area contributed by atoms with Crippen molar-refractivity contribution >= 4 is 0 Å². The molecule has 4 nitrogen and oxygen atoms in total. The van der Waals surface area contributed by atoms with Crippen molar-refractivity contribution in [3.05, 3.63) is 0 Å². The lowest BCUT2D eigenvalue weighted by Crippen LogP contribution is -2.21. The predicted octanol–water partition coefficient (Wildman–Crippen LogP) is -0.639. The lowest BCUT2D eigenvalue weighted by Gasteiger charge is -2.10. The number of aliphatic hydroxyl groups excluding tert-OH is 1. The number of rotatable bonds is 3. The second-order valence-electron chi connectivity index (χ2n) is 0.839. The van der Waals surface area contributed by atoms with E-state index in [0.29, 0.717) is 0 Å². The first-order valence-electron chi connectivity index (χ1n) is 1.81. The number of hydroxylamine groups is 2. The third-order valence-corrected chi connectivity index (χ3v) is 0.523. The average molecular weight is 107 g/mol. The molecule has 0 aliphatic carbocycles. The van der Waals surface area contributed by atoms with Crippen LogP contribution in [0.25, 0.3) is 0 Å². The van der Waals surface area contributed by atoms with Crippen LogP contribution in [-0.4, -0.2) is 31.3 Å². The first kappa shape index (κ1) is 6.84. The standard InChI is InChI=1S/C3H9NO3/c1-6-4(3-5)7-2/h5H,3H2,1-2H3. The van der Waals surface area contributed by atoms with Crippen molar-refractivity contribution in [3.8, 4) is 0 Å².